The SMILES string of the molecule is CPCC1CCCCCCCCCC1. The van der Waals surface area contributed by atoms with E-state index in [-0.39, 0.29) is 0 Å². The topological polar surface area (TPSA) is 0 Å². The van der Waals surface area contributed by atoms with Gasteiger partial charge in [0.2, 0.25) is 0 Å². The quantitative estimate of drug-likeness (QED) is 0.578. The zero-order valence-electron chi connectivity index (χ0n) is 9.86. The van der Waals surface area contributed by atoms with Gasteiger partial charge in [0.25, 0.3) is 0 Å². The van der Waals surface area contributed by atoms with Gasteiger partial charge in [-0.1, -0.05) is 64.2 Å². The first-order chi connectivity index (χ1) is 6.93. The van der Waals surface area contributed by atoms with Gasteiger partial charge in [0.1, 0.15) is 0 Å². The van der Waals surface area contributed by atoms with E-state index in [1.54, 1.807) is 0 Å². The van der Waals surface area contributed by atoms with Gasteiger partial charge >= 0.3 is 0 Å². The maximum atomic E-state index is 2.37. The summed E-state index contributed by atoms with van der Waals surface area (Å²) in [5.74, 6) is 1.08. The van der Waals surface area contributed by atoms with Crippen LogP contribution >= 0.6 is 8.58 Å². The third-order valence-electron chi connectivity index (χ3n) is 3.47. The normalized spacial score (nSPS) is 23.8. The number of hydrogen-bond acceptors (Lipinski definition) is 0. The van der Waals surface area contributed by atoms with Crippen molar-refractivity contribution in [2.24, 2.45) is 5.92 Å². The molecule has 0 radical (unpaired) electrons. The van der Waals surface area contributed by atoms with Crippen molar-refractivity contribution in [3.8, 4) is 0 Å². The van der Waals surface area contributed by atoms with Crippen molar-refractivity contribution >= 4 is 8.58 Å². The molecule has 1 heteroatoms. The van der Waals surface area contributed by atoms with Crippen molar-refractivity contribution in [1.82, 2.24) is 0 Å². The highest BCUT2D eigenvalue weighted by Crippen LogP contribution is 2.25. The third-order valence-corrected chi connectivity index (χ3v) is 4.45. The minimum Gasteiger partial charge on any atom is -0.125 e. The van der Waals surface area contributed by atoms with E-state index >= 15 is 0 Å². The fourth-order valence-corrected chi connectivity index (χ4v) is 3.55. The first-order valence-corrected chi connectivity index (χ1v) is 8.29. The predicted octanol–water partition coefficient (Wildman–Crippen LogP) is 4.83. The Morgan fingerprint density at radius 1 is 0.786 bits per heavy atom. The maximum Gasteiger partial charge on any atom is -0.0327 e. The zero-order chi connectivity index (χ0) is 10.1. The van der Waals surface area contributed by atoms with Crippen LogP contribution in [0.4, 0.5) is 0 Å². The molecule has 0 amide bonds. The monoisotopic (exact) mass is 214 g/mol. The standard InChI is InChI=1S/C13H27P/c1-14-12-13-10-8-6-4-2-3-5-7-9-11-13/h13-14H,2-12H2,1H3. The van der Waals surface area contributed by atoms with Crippen LogP contribution in [-0.2, 0) is 0 Å². The molecule has 0 heterocycles. The molecule has 1 fully saturated rings. The number of rotatable bonds is 2. The fraction of sp³-hybridized carbons (Fsp3) is 1.00. The molecule has 0 aromatic heterocycles. The summed E-state index contributed by atoms with van der Waals surface area (Å²) in [5, 5.41) is 0. The van der Waals surface area contributed by atoms with Gasteiger partial charge in [-0.25, -0.2) is 0 Å². The summed E-state index contributed by atoms with van der Waals surface area (Å²) >= 11 is 0. The summed E-state index contributed by atoms with van der Waals surface area (Å²) in [7, 11) is 1.18. The van der Waals surface area contributed by atoms with Gasteiger partial charge in [0.05, 0.1) is 0 Å². The Morgan fingerprint density at radius 3 is 1.64 bits per heavy atom. The van der Waals surface area contributed by atoms with Gasteiger partial charge in [0.15, 0.2) is 0 Å². The maximum absolute atomic E-state index is 2.37. The minimum atomic E-state index is 1.08. The summed E-state index contributed by atoms with van der Waals surface area (Å²) in [6.45, 7) is 2.37. The average molecular weight is 214 g/mol. The highest BCUT2D eigenvalue weighted by molar-refractivity contribution is 7.36. The molecule has 1 atom stereocenters. The zero-order valence-corrected chi connectivity index (χ0v) is 10.9. The molecule has 14 heavy (non-hydrogen) atoms. The van der Waals surface area contributed by atoms with E-state index in [4.69, 9.17) is 0 Å². The molecule has 0 saturated heterocycles. The molecule has 84 valence electrons. The summed E-state index contributed by atoms with van der Waals surface area (Å²) in [4.78, 5) is 0. The van der Waals surface area contributed by atoms with Crippen LogP contribution < -0.4 is 0 Å². The first-order valence-electron chi connectivity index (χ1n) is 6.58. The van der Waals surface area contributed by atoms with Crippen molar-refractivity contribution in [3.05, 3.63) is 0 Å². The van der Waals surface area contributed by atoms with Crippen LogP contribution in [0.5, 0.6) is 0 Å². The Hall–Kier alpha value is 0.430. The van der Waals surface area contributed by atoms with Crippen LogP contribution in [0.15, 0.2) is 0 Å². The van der Waals surface area contributed by atoms with Crippen LogP contribution in [-0.4, -0.2) is 12.8 Å². The molecule has 0 spiro atoms. The van der Waals surface area contributed by atoms with E-state index in [1.807, 2.05) is 0 Å². The second kappa shape index (κ2) is 8.72. The highest BCUT2D eigenvalue weighted by Gasteiger charge is 2.08. The molecule has 0 aliphatic heterocycles. The van der Waals surface area contributed by atoms with Gasteiger partial charge < -0.3 is 0 Å². The van der Waals surface area contributed by atoms with Gasteiger partial charge in [-0.2, -0.15) is 0 Å². The van der Waals surface area contributed by atoms with Crippen molar-refractivity contribution in [3.63, 3.8) is 0 Å². The lowest BCUT2D eigenvalue weighted by Crippen LogP contribution is -2.02. The van der Waals surface area contributed by atoms with E-state index in [2.05, 4.69) is 6.66 Å². The summed E-state index contributed by atoms with van der Waals surface area (Å²) in [5.41, 5.74) is 0. The lowest BCUT2D eigenvalue weighted by Gasteiger charge is -2.15. The largest absolute Gasteiger partial charge is 0.125 e. The van der Waals surface area contributed by atoms with E-state index in [1.165, 1.54) is 79.0 Å². The minimum absolute atomic E-state index is 1.08. The molecule has 1 aliphatic rings. The van der Waals surface area contributed by atoms with Crippen LogP contribution in [0.3, 0.4) is 0 Å². The van der Waals surface area contributed by atoms with Crippen molar-refractivity contribution in [1.29, 1.82) is 0 Å². The Bertz CT molecular complexity index is 110. The molecule has 0 aromatic carbocycles. The second-order valence-corrected chi connectivity index (χ2v) is 5.94. The lowest BCUT2D eigenvalue weighted by molar-refractivity contribution is 0.453. The molecule has 1 unspecified atom stereocenters. The Kier molecular flexibility index (Phi) is 7.78. The second-order valence-electron chi connectivity index (χ2n) is 4.83. The van der Waals surface area contributed by atoms with Crippen LogP contribution in [0.25, 0.3) is 0 Å². The molecular weight excluding hydrogens is 187 g/mol. The summed E-state index contributed by atoms with van der Waals surface area (Å²) < 4.78 is 0. The summed E-state index contributed by atoms with van der Waals surface area (Å²) in [6, 6.07) is 0. The van der Waals surface area contributed by atoms with Gasteiger partial charge in [0, 0.05) is 0 Å². The Labute approximate surface area is 92.0 Å². The van der Waals surface area contributed by atoms with Gasteiger partial charge in [-0.05, 0) is 18.7 Å². The van der Waals surface area contributed by atoms with E-state index in [9.17, 15) is 0 Å². The van der Waals surface area contributed by atoms with Crippen molar-refractivity contribution in [2.75, 3.05) is 12.8 Å². The van der Waals surface area contributed by atoms with Crippen molar-refractivity contribution in [2.45, 2.75) is 64.2 Å². The van der Waals surface area contributed by atoms with Gasteiger partial charge in [-0.15, -0.1) is 8.58 Å². The molecule has 1 saturated carbocycles. The van der Waals surface area contributed by atoms with Gasteiger partial charge in [-0.3, -0.25) is 0 Å². The summed E-state index contributed by atoms with van der Waals surface area (Å²) in [6.07, 6.45) is 16.6. The van der Waals surface area contributed by atoms with Crippen molar-refractivity contribution < 1.29 is 0 Å². The first kappa shape index (κ1) is 12.5. The Morgan fingerprint density at radius 2 is 1.21 bits per heavy atom. The highest BCUT2D eigenvalue weighted by atomic mass is 31.1. The molecule has 0 aromatic rings. The van der Waals surface area contributed by atoms with Crippen LogP contribution in [0.1, 0.15) is 64.2 Å². The molecule has 1 aliphatic carbocycles. The molecule has 0 bridgehead atoms. The van der Waals surface area contributed by atoms with E-state index in [0.29, 0.717) is 0 Å². The van der Waals surface area contributed by atoms with E-state index in [0.717, 1.165) is 5.92 Å². The molecule has 1 rings (SSSR count). The Balaban J connectivity index is 2.20. The van der Waals surface area contributed by atoms with E-state index < -0.39 is 0 Å². The lowest BCUT2D eigenvalue weighted by atomic mass is 9.97. The molecule has 0 N–H and O–H groups in total. The number of hydrogen-bond donors (Lipinski definition) is 0. The smallest absolute Gasteiger partial charge is 0.0327 e. The van der Waals surface area contributed by atoms with Crippen LogP contribution in [0.2, 0.25) is 0 Å². The third kappa shape index (κ3) is 6.02. The van der Waals surface area contributed by atoms with Crippen LogP contribution in [0, 0.1) is 5.92 Å². The molecule has 0 nitrogen and oxygen atoms in total. The molecular formula is C13H27P. The average Bonchev–Trinajstić information content (AvgIpc) is 2.24. The predicted molar refractivity (Wildman–Crippen MR) is 68.8 cm³/mol. The fourth-order valence-electron chi connectivity index (χ4n) is 2.56.